The number of hydrogen-bond donors (Lipinski definition) is 2. The SMILES string of the molecule is CC(N)c1ccc(N2CCC(C)(O)C2)cc1Cl. The smallest absolute Gasteiger partial charge is 0.0810 e. The van der Waals surface area contributed by atoms with Crippen LogP contribution >= 0.6 is 11.6 Å². The van der Waals surface area contributed by atoms with E-state index in [0.29, 0.717) is 11.6 Å². The molecule has 1 aromatic rings. The minimum atomic E-state index is -0.591. The van der Waals surface area contributed by atoms with E-state index in [1.165, 1.54) is 0 Å². The van der Waals surface area contributed by atoms with Crippen LogP contribution in [0.15, 0.2) is 18.2 Å². The fourth-order valence-corrected chi connectivity index (χ4v) is 2.59. The molecule has 0 aliphatic carbocycles. The van der Waals surface area contributed by atoms with E-state index in [1.54, 1.807) is 0 Å². The quantitative estimate of drug-likeness (QED) is 0.852. The zero-order valence-electron chi connectivity index (χ0n) is 10.3. The standard InChI is InChI=1S/C13H19ClN2O/c1-9(15)11-4-3-10(7-12(11)14)16-6-5-13(2,17)8-16/h3-4,7,9,17H,5-6,8,15H2,1-2H3. The van der Waals surface area contributed by atoms with Gasteiger partial charge in [-0.15, -0.1) is 0 Å². The maximum atomic E-state index is 9.94. The zero-order valence-corrected chi connectivity index (χ0v) is 11.0. The van der Waals surface area contributed by atoms with E-state index < -0.39 is 5.60 Å². The van der Waals surface area contributed by atoms with Gasteiger partial charge in [0.05, 0.1) is 5.60 Å². The molecule has 1 heterocycles. The molecule has 1 fully saturated rings. The topological polar surface area (TPSA) is 49.5 Å². The Morgan fingerprint density at radius 2 is 2.24 bits per heavy atom. The van der Waals surface area contributed by atoms with Gasteiger partial charge in [-0.3, -0.25) is 0 Å². The third kappa shape index (κ3) is 2.73. The number of hydrogen-bond acceptors (Lipinski definition) is 3. The largest absolute Gasteiger partial charge is 0.388 e. The first-order chi connectivity index (χ1) is 7.89. The van der Waals surface area contributed by atoms with Crippen molar-refractivity contribution < 1.29 is 5.11 Å². The molecule has 0 spiro atoms. The lowest BCUT2D eigenvalue weighted by atomic mass is 10.1. The zero-order chi connectivity index (χ0) is 12.6. The predicted octanol–water partition coefficient (Wildman–Crippen LogP) is 2.32. The summed E-state index contributed by atoms with van der Waals surface area (Å²) in [4.78, 5) is 2.15. The summed E-state index contributed by atoms with van der Waals surface area (Å²) in [6, 6.07) is 5.86. The van der Waals surface area contributed by atoms with Gasteiger partial charge in [-0.1, -0.05) is 17.7 Å². The maximum Gasteiger partial charge on any atom is 0.0810 e. The minimum absolute atomic E-state index is 0.0572. The van der Waals surface area contributed by atoms with E-state index in [0.717, 1.165) is 24.2 Å². The van der Waals surface area contributed by atoms with Crippen LogP contribution in [0.5, 0.6) is 0 Å². The molecule has 4 heteroatoms. The first-order valence-corrected chi connectivity index (χ1v) is 6.29. The second kappa shape index (κ2) is 4.48. The molecule has 0 saturated carbocycles. The summed E-state index contributed by atoms with van der Waals surface area (Å²) in [7, 11) is 0. The monoisotopic (exact) mass is 254 g/mol. The van der Waals surface area contributed by atoms with Crippen molar-refractivity contribution >= 4 is 17.3 Å². The molecule has 0 aromatic heterocycles. The number of nitrogens with two attached hydrogens (primary N) is 1. The minimum Gasteiger partial charge on any atom is -0.388 e. The molecule has 2 atom stereocenters. The number of anilines is 1. The molecule has 1 aliphatic rings. The summed E-state index contributed by atoms with van der Waals surface area (Å²) in [6.45, 7) is 5.30. The third-order valence-corrected chi connectivity index (χ3v) is 3.62. The van der Waals surface area contributed by atoms with Crippen LogP contribution in [-0.4, -0.2) is 23.8 Å². The van der Waals surface area contributed by atoms with Crippen molar-refractivity contribution in [2.24, 2.45) is 5.73 Å². The van der Waals surface area contributed by atoms with Crippen LogP contribution in [0.1, 0.15) is 31.9 Å². The van der Waals surface area contributed by atoms with Crippen LogP contribution in [0, 0.1) is 0 Å². The highest BCUT2D eigenvalue weighted by Crippen LogP contribution is 2.31. The Balaban J connectivity index is 2.21. The maximum absolute atomic E-state index is 9.94. The average Bonchev–Trinajstić information content (AvgIpc) is 2.58. The summed E-state index contributed by atoms with van der Waals surface area (Å²) in [5.74, 6) is 0. The van der Waals surface area contributed by atoms with Crippen molar-refractivity contribution in [3.63, 3.8) is 0 Å². The van der Waals surface area contributed by atoms with E-state index in [9.17, 15) is 5.11 Å². The van der Waals surface area contributed by atoms with Gasteiger partial charge in [0.2, 0.25) is 0 Å². The highest BCUT2D eigenvalue weighted by molar-refractivity contribution is 6.31. The second-order valence-electron chi connectivity index (χ2n) is 5.16. The normalized spacial score (nSPS) is 26.3. The van der Waals surface area contributed by atoms with Crippen molar-refractivity contribution in [2.75, 3.05) is 18.0 Å². The fraction of sp³-hybridized carbons (Fsp3) is 0.538. The van der Waals surface area contributed by atoms with Gasteiger partial charge in [0.15, 0.2) is 0 Å². The molecule has 1 aliphatic heterocycles. The summed E-state index contributed by atoms with van der Waals surface area (Å²) >= 11 is 6.20. The molecule has 2 unspecified atom stereocenters. The number of halogens is 1. The van der Waals surface area contributed by atoms with Gasteiger partial charge in [-0.2, -0.15) is 0 Å². The lowest BCUT2D eigenvalue weighted by Crippen LogP contribution is -2.29. The van der Waals surface area contributed by atoms with Crippen LogP contribution in [0.4, 0.5) is 5.69 Å². The Kier molecular flexibility index (Phi) is 3.34. The molecule has 0 radical (unpaired) electrons. The molecular weight excluding hydrogens is 236 g/mol. The highest BCUT2D eigenvalue weighted by atomic mass is 35.5. The van der Waals surface area contributed by atoms with Gasteiger partial charge in [0.1, 0.15) is 0 Å². The van der Waals surface area contributed by atoms with Crippen molar-refractivity contribution in [3.8, 4) is 0 Å². The molecule has 1 saturated heterocycles. The fourth-order valence-electron chi connectivity index (χ4n) is 2.25. The number of aliphatic hydroxyl groups is 1. The van der Waals surface area contributed by atoms with E-state index in [4.69, 9.17) is 17.3 Å². The van der Waals surface area contributed by atoms with Gasteiger partial charge in [-0.25, -0.2) is 0 Å². The van der Waals surface area contributed by atoms with Gasteiger partial charge in [0, 0.05) is 29.8 Å². The van der Waals surface area contributed by atoms with Gasteiger partial charge in [-0.05, 0) is 38.0 Å². The molecule has 94 valence electrons. The Morgan fingerprint density at radius 3 is 2.71 bits per heavy atom. The summed E-state index contributed by atoms with van der Waals surface area (Å²) in [5.41, 5.74) is 7.24. The predicted molar refractivity (Wildman–Crippen MR) is 71.5 cm³/mol. The Labute approximate surface area is 107 Å². The number of β-amino-alcohol motifs (C(OH)–C–C–N with tert-alkyl or cyclic N) is 1. The van der Waals surface area contributed by atoms with Gasteiger partial charge >= 0.3 is 0 Å². The Bertz CT molecular complexity index is 418. The van der Waals surface area contributed by atoms with Crippen LogP contribution in [0.2, 0.25) is 5.02 Å². The molecule has 3 nitrogen and oxygen atoms in total. The lowest BCUT2D eigenvalue weighted by Gasteiger charge is -2.22. The van der Waals surface area contributed by atoms with Crippen LogP contribution < -0.4 is 10.6 Å². The average molecular weight is 255 g/mol. The van der Waals surface area contributed by atoms with Crippen molar-refractivity contribution in [1.29, 1.82) is 0 Å². The van der Waals surface area contributed by atoms with Crippen LogP contribution in [0.3, 0.4) is 0 Å². The molecule has 17 heavy (non-hydrogen) atoms. The summed E-state index contributed by atoms with van der Waals surface area (Å²) in [6.07, 6.45) is 0.791. The highest BCUT2D eigenvalue weighted by Gasteiger charge is 2.31. The van der Waals surface area contributed by atoms with Crippen molar-refractivity contribution in [1.82, 2.24) is 0 Å². The Morgan fingerprint density at radius 1 is 1.53 bits per heavy atom. The van der Waals surface area contributed by atoms with E-state index >= 15 is 0 Å². The molecule has 0 amide bonds. The molecule has 2 rings (SSSR count). The number of nitrogens with zero attached hydrogens (tertiary/aromatic N) is 1. The second-order valence-corrected chi connectivity index (χ2v) is 5.57. The van der Waals surface area contributed by atoms with Gasteiger partial charge in [0.25, 0.3) is 0 Å². The lowest BCUT2D eigenvalue weighted by molar-refractivity contribution is 0.0839. The molecule has 0 bridgehead atoms. The third-order valence-electron chi connectivity index (χ3n) is 3.29. The summed E-state index contributed by atoms with van der Waals surface area (Å²) in [5, 5.41) is 10.6. The number of rotatable bonds is 2. The van der Waals surface area contributed by atoms with Crippen LogP contribution in [0.25, 0.3) is 0 Å². The van der Waals surface area contributed by atoms with Crippen molar-refractivity contribution in [2.45, 2.75) is 31.9 Å². The molecule has 3 N–H and O–H groups in total. The van der Waals surface area contributed by atoms with E-state index in [-0.39, 0.29) is 6.04 Å². The first kappa shape index (κ1) is 12.7. The van der Waals surface area contributed by atoms with E-state index in [1.807, 2.05) is 32.0 Å². The van der Waals surface area contributed by atoms with Gasteiger partial charge < -0.3 is 15.7 Å². The first-order valence-electron chi connectivity index (χ1n) is 5.91. The molecule has 1 aromatic carbocycles. The molecular formula is C13H19ClN2O. The van der Waals surface area contributed by atoms with E-state index in [2.05, 4.69) is 4.90 Å². The Hall–Kier alpha value is -0.770. The number of benzene rings is 1. The van der Waals surface area contributed by atoms with Crippen LogP contribution in [-0.2, 0) is 0 Å². The summed E-state index contributed by atoms with van der Waals surface area (Å²) < 4.78 is 0. The van der Waals surface area contributed by atoms with Crippen molar-refractivity contribution in [3.05, 3.63) is 28.8 Å².